The molecule has 104 valence electrons. The Balaban J connectivity index is 1.68. The number of piperazine rings is 1. The first-order valence-electron chi connectivity index (χ1n) is 6.99. The molecule has 0 bridgehead atoms. The van der Waals surface area contributed by atoms with Crippen molar-refractivity contribution in [3.63, 3.8) is 0 Å². The first-order chi connectivity index (χ1) is 9.72. The Labute approximate surface area is 119 Å². The van der Waals surface area contributed by atoms with E-state index in [2.05, 4.69) is 46.0 Å². The van der Waals surface area contributed by atoms with Crippen molar-refractivity contribution in [3.05, 3.63) is 48.3 Å². The van der Waals surface area contributed by atoms with Crippen molar-refractivity contribution in [1.29, 1.82) is 0 Å². The lowest BCUT2D eigenvalue weighted by atomic mass is 10.2. The summed E-state index contributed by atoms with van der Waals surface area (Å²) in [6.07, 6.45) is 3.57. The van der Waals surface area contributed by atoms with Gasteiger partial charge in [0, 0.05) is 38.1 Å². The lowest BCUT2D eigenvalue weighted by molar-refractivity contribution is 0.653. The normalized spacial score (nSPS) is 15.4. The largest absolute Gasteiger partial charge is 0.397 e. The van der Waals surface area contributed by atoms with Crippen molar-refractivity contribution < 1.29 is 0 Å². The molecule has 3 rings (SSSR count). The highest BCUT2D eigenvalue weighted by Gasteiger charge is 2.17. The van der Waals surface area contributed by atoms with Gasteiger partial charge in [-0.1, -0.05) is 12.1 Å². The number of aryl methyl sites for hydroxylation is 1. The van der Waals surface area contributed by atoms with Crippen molar-refractivity contribution in [3.8, 4) is 0 Å². The summed E-state index contributed by atoms with van der Waals surface area (Å²) in [6, 6.07) is 10.7. The fourth-order valence-electron chi connectivity index (χ4n) is 2.67. The molecule has 0 unspecified atom stereocenters. The first-order valence-corrected chi connectivity index (χ1v) is 6.99. The molecule has 2 heterocycles. The predicted molar refractivity (Wildman–Crippen MR) is 84.3 cm³/mol. The third-order valence-corrected chi connectivity index (χ3v) is 3.76. The van der Waals surface area contributed by atoms with Crippen molar-refractivity contribution in [2.75, 3.05) is 41.7 Å². The van der Waals surface area contributed by atoms with E-state index in [1.165, 1.54) is 11.3 Å². The van der Waals surface area contributed by atoms with Gasteiger partial charge >= 0.3 is 0 Å². The lowest BCUT2D eigenvalue weighted by Gasteiger charge is -2.37. The minimum Gasteiger partial charge on any atom is -0.397 e. The fourth-order valence-corrected chi connectivity index (χ4v) is 2.67. The lowest BCUT2D eigenvalue weighted by Crippen LogP contribution is -2.46. The highest BCUT2D eigenvalue weighted by Crippen LogP contribution is 2.21. The molecule has 0 saturated carbocycles. The van der Waals surface area contributed by atoms with E-state index < -0.39 is 0 Å². The number of rotatable bonds is 2. The van der Waals surface area contributed by atoms with E-state index in [1.54, 1.807) is 6.20 Å². The van der Waals surface area contributed by atoms with Crippen LogP contribution in [0.4, 0.5) is 17.1 Å². The van der Waals surface area contributed by atoms with Crippen LogP contribution in [0.3, 0.4) is 0 Å². The molecule has 1 aromatic carbocycles. The molecule has 1 saturated heterocycles. The molecule has 1 aliphatic rings. The Kier molecular flexibility index (Phi) is 3.46. The maximum absolute atomic E-state index is 5.80. The Morgan fingerprint density at radius 3 is 2.30 bits per heavy atom. The summed E-state index contributed by atoms with van der Waals surface area (Å²) in [5, 5.41) is 0. The molecule has 0 aliphatic carbocycles. The van der Waals surface area contributed by atoms with Gasteiger partial charge in [-0.15, -0.1) is 0 Å². The van der Waals surface area contributed by atoms with E-state index in [0.717, 1.165) is 37.6 Å². The third-order valence-electron chi connectivity index (χ3n) is 3.76. The van der Waals surface area contributed by atoms with Gasteiger partial charge in [0.15, 0.2) is 0 Å². The van der Waals surface area contributed by atoms with Crippen molar-refractivity contribution in [2.24, 2.45) is 0 Å². The highest BCUT2D eigenvalue weighted by atomic mass is 15.3. The van der Waals surface area contributed by atoms with Crippen LogP contribution in [-0.4, -0.2) is 31.2 Å². The Morgan fingerprint density at radius 1 is 0.950 bits per heavy atom. The van der Waals surface area contributed by atoms with Crippen LogP contribution in [0.5, 0.6) is 0 Å². The molecule has 2 N–H and O–H groups in total. The summed E-state index contributed by atoms with van der Waals surface area (Å²) in [6.45, 7) is 6.19. The number of benzene rings is 1. The highest BCUT2D eigenvalue weighted by molar-refractivity contribution is 5.55. The molecule has 20 heavy (non-hydrogen) atoms. The Bertz CT molecular complexity index is 535. The maximum Gasteiger partial charge on any atom is 0.0574 e. The maximum atomic E-state index is 5.80. The van der Waals surface area contributed by atoms with Crippen LogP contribution in [0.2, 0.25) is 0 Å². The second-order valence-electron chi connectivity index (χ2n) is 5.29. The number of hydrogen-bond donors (Lipinski definition) is 1. The third kappa shape index (κ3) is 2.69. The smallest absolute Gasteiger partial charge is 0.0574 e. The predicted octanol–water partition coefficient (Wildman–Crippen LogP) is 2.30. The number of aromatic nitrogens is 1. The van der Waals surface area contributed by atoms with Crippen molar-refractivity contribution in [1.82, 2.24) is 4.98 Å². The van der Waals surface area contributed by atoms with Crippen LogP contribution in [0.1, 0.15) is 5.56 Å². The molecule has 4 nitrogen and oxygen atoms in total. The summed E-state index contributed by atoms with van der Waals surface area (Å²) in [4.78, 5) is 8.94. The van der Waals surface area contributed by atoms with Gasteiger partial charge in [-0.25, -0.2) is 0 Å². The van der Waals surface area contributed by atoms with Crippen molar-refractivity contribution in [2.45, 2.75) is 6.92 Å². The van der Waals surface area contributed by atoms with Gasteiger partial charge in [0.2, 0.25) is 0 Å². The van der Waals surface area contributed by atoms with Crippen LogP contribution in [0.15, 0.2) is 42.7 Å². The topological polar surface area (TPSA) is 45.4 Å². The molecular formula is C16H20N4. The van der Waals surface area contributed by atoms with E-state index in [0.29, 0.717) is 0 Å². The van der Waals surface area contributed by atoms with Gasteiger partial charge in [0.25, 0.3) is 0 Å². The summed E-state index contributed by atoms with van der Waals surface area (Å²) in [5.74, 6) is 0. The second-order valence-corrected chi connectivity index (χ2v) is 5.29. The zero-order chi connectivity index (χ0) is 13.9. The minimum absolute atomic E-state index is 0.726. The quantitative estimate of drug-likeness (QED) is 0.907. The van der Waals surface area contributed by atoms with Gasteiger partial charge in [0.05, 0.1) is 17.6 Å². The van der Waals surface area contributed by atoms with Gasteiger partial charge in [0.1, 0.15) is 0 Å². The van der Waals surface area contributed by atoms with Crippen LogP contribution < -0.4 is 15.5 Å². The van der Waals surface area contributed by atoms with E-state index in [1.807, 2.05) is 12.3 Å². The monoisotopic (exact) mass is 268 g/mol. The van der Waals surface area contributed by atoms with E-state index in [-0.39, 0.29) is 0 Å². The number of hydrogen-bond acceptors (Lipinski definition) is 4. The standard InChI is InChI=1S/C16H20N4/c1-13-3-2-4-15(9-13)19-5-7-20(8-6-19)16-10-14(17)11-18-12-16/h2-4,9-12H,5-8,17H2,1H3. The van der Waals surface area contributed by atoms with Gasteiger partial charge < -0.3 is 15.5 Å². The average Bonchev–Trinajstić information content (AvgIpc) is 2.47. The first kappa shape index (κ1) is 12.8. The molecule has 0 spiro atoms. The average molecular weight is 268 g/mol. The van der Waals surface area contributed by atoms with Crippen LogP contribution in [0, 0.1) is 6.92 Å². The minimum atomic E-state index is 0.726. The zero-order valence-corrected chi connectivity index (χ0v) is 11.8. The molecule has 0 amide bonds. The second kappa shape index (κ2) is 5.41. The van der Waals surface area contributed by atoms with Gasteiger partial charge in [-0.2, -0.15) is 0 Å². The molecule has 4 heteroatoms. The van der Waals surface area contributed by atoms with Crippen LogP contribution in [0.25, 0.3) is 0 Å². The number of nitrogens with two attached hydrogens (primary N) is 1. The molecule has 0 radical (unpaired) electrons. The molecule has 0 atom stereocenters. The van der Waals surface area contributed by atoms with Crippen molar-refractivity contribution >= 4 is 17.1 Å². The van der Waals surface area contributed by atoms with E-state index in [4.69, 9.17) is 5.73 Å². The SMILES string of the molecule is Cc1cccc(N2CCN(c3cncc(N)c3)CC2)c1. The Morgan fingerprint density at radius 2 is 1.65 bits per heavy atom. The number of anilines is 3. The van der Waals surface area contributed by atoms with Crippen LogP contribution in [-0.2, 0) is 0 Å². The van der Waals surface area contributed by atoms with Crippen LogP contribution >= 0.6 is 0 Å². The molecular weight excluding hydrogens is 248 g/mol. The zero-order valence-electron chi connectivity index (χ0n) is 11.8. The van der Waals surface area contributed by atoms with Gasteiger partial charge in [-0.3, -0.25) is 4.98 Å². The van der Waals surface area contributed by atoms with Gasteiger partial charge in [-0.05, 0) is 30.7 Å². The number of pyridine rings is 1. The number of nitrogen functional groups attached to an aromatic ring is 1. The molecule has 1 aliphatic heterocycles. The van der Waals surface area contributed by atoms with E-state index >= 15 is 0 Å². The molecule has 1 fully saturated rings. The Hall–Kier alpha value is -2.23. The summed E-state index contributed by atoms with van der Waals surface area (Å²) in [7, 11) is 0. The molecule has 1 aromatic heterocycles. The summed E-state index contributed by atoms with van der Waals surface area (Å²) < 4.78 is 0. The molecule has 2 aromatic rings. The fraction of sp³-hybridized carbons (Fsp3) is 0.312. The van der Waals surface area contributed by atoms with E-state index in [9.17, 15) is 0 Å². The number of nitrogens with zero attached hydrogens (tertiary/aromatic N) is 3. The summed E-state index contributed by atoms with van der Waals surface area (Å²) >= 11 is 0. The summed E-state index contributed by atoms with van der Waals surface area (Å²) in [5.41, 5.74) is 10.3.